The Morgan fingerprint density at radius 3 is 2.90 bits per heavy atom. The van der Waals surface area contributed by atoms with Gasteiger partial charge in [0.2, 0.25) is 5.91 Å². The number of amides is 1. The van der Waals surface area contributed by atoms with E-state index in [9.17, 15) is 9.18 Å². The number of hydrogen-bond acceptors (Lipinski definition) is 7. The molecule has 0 fully saturated rings. The molecule has 3 rings (SSSR count). The molecule has 0 saturated carbocycles. The zero-order chi connectivity index (χ0) is 22.2. The van der Waals surface area contributed by atoms with Gasteiger partial charge in [-0.1, -0.05) is 36.4 Å². The highest BCUT2D eigenvalue weighted by Gasteiger charge is 2.14. The van der Waals surface area contributed by atoms with Crippen molar-refractivity contribution in [2.45, 2.75) is 25.0 Å². The fourth-order valence-corrected chi connectivity index (χ4v) is 3.72. The van der Waals surface area contributed by atoms with Crippen molar-refractivity contribution >= 4 is 46.1 Å². The molecule has 0 aliphatic carbocycles. The van der Waals surface area contributed by atoms with E-state index >= 15 is 0 Å². The van der Waals surface area contributed by atoms with Gasteiger partial charge in [0.1, 0.15) is 11.6 Å². The predicted molar refractivity (Wildman–Crippen MR) is 120 cm³/mol. The standard InChI is InChI=1S/C20H24ClFN6O2S/c1-3-31-20-26-18(24-8-10-30-2)14-12-25-28(19(14)27-20)9-7-23-17(29)11-13-15(21)5-4-6-16(13)22/h4-6,12H,3,7-11H2,1-2H3,(H,23,29)(H,24,26,27). The summed E-state index contributed by atoms with van der Waals surface area (Å²) in [6.07, 6.45) is 1.57. The number of carbonyl (C=O) groups excluding carboxylic acids is 1. The van der Waals surface area contributed by atoms with E-state index in [0.717, 1.165) is 11.1 Å². The first kappa shape index (κ1) is 23.2. The van der Waals surface area contributed by atoms with Crippen molar-refractivity contribution in [3.63, 3.8) is 0 Å². The predicted octanol–water partition coefficient (Wildman–Crippen LogP) is 3.15. The average Bonchev–Trinajstić information content (AvgIpc) is 3.14. The number of thioether (sulfide) groups is 1. The van der Waals surface area contributed by atoms with Crippen LogP contribution in [-0.2, 0) is 22.5 Å². The number of carbonyl (C=O) groups is 1. The second-order valence-electron chi connectivity index (χ2n) is 6.54. The zero-order valence-corrected chi connectivity index (χ0v) is 18.9. The Bertz CT molecular complexity index is 1030. The van der Waals surface area contributed by atoms with Crippen LogP contribution in [0.1, 0.15) is 12.5 Å². The average molecular weight is 467 g/mol. The molecule has 2 N–H and O–H groups in total. The van der Waals surface area contributed by atoms with Gasteiger partial charge in [-0.15, -0.1) is 0 Å². The van der Waals surface area contributed by atoms with Crippen molar-refractivity contribution in [1.82, 2.24) is 25.1 Å². The summed E-state index contributed by atoms with van der Waals surface area (Å²) >= 11 is 7.53. The Kier molecular flexibility index (Phi) is 8.44. The van der Waals surface area contributed by atoms with E-state index in [1.54, 1.807) is 24.1 Å². The Labute approximate surface area is 188 Å². The molecule has 0 spiro atoms. The minimum Gasteiger partial charge on any atom is -0.383 e. The maximum atomic E-state index is 13.9. The number of rotatable bonds is 11. The monoisotopic (exact) mass is 466 g/mol. The number of fused-ring (bicyclic) bond motifs is 1. The van der Waals surface area contributed by atoms with Crippen LogP contribution in [0, 0.1) is 5.82 Å². The lowest BCUT2D eigenvalue weighted by molar-refractivity contribution is -0.120. The van der Waals surface area contributed by atoms with E-state index in [-0.39, 0.29) is 22.9 Å². The van der Waals surface area contributed by atoms with E-state index in [4.69, 9.17) is 16.3 Å². The Balaban J connectivity index is 1.67. The molecule has 0 aliphatic rings. The van der Waals surface area contributed by atoms with Crippen LogP contribution in [0.15, 0.2) is 29.6 Å². The van der Waals surface area contributed by atoms with Gasteiger partial charge in [-0.2, -0.15) is 5.10 Å². The lowest BCUT2D eigenvalue weighted by atomic mass is 10.1. The lowest BCUT2D eigenvalue weighted by Gasteiger charge is -2.10. The van der Waals surface area contributed by atoms with E-state index in [1.165, 1.54) is 23.9 Å². The quantitative estimate of drug-likeness (QED) is 0.254. The molecule has 0 aliphatic heterocycles. The third-order valence-electron chi connectivity index (χ3n) is 4.39. The smallest absolute Gasteiger partial charge is 0.224 e. The number of methoxy groups -OCH3 is 1. The summed E-state index contributed by atoms with van der Waals surface area (Å²) in [5, 5.41) is 12.1. The minimum absolute atomic E-state index is 0.127. The van der Waals surface area contributed by atoms with Gasteiger partial charge in [0.15, 0.2) is 10.8 Å². The van der Waals surface area contributed by atoms with Crippen LogP contribution in [-0.4, -0.2) is 58.2 Å². The first-order chi connectivity index (χ1) is 15.0. The molecule has 1 aromatic carbocycles. The summed E-state index contributed by atoms with van der Waals surface area (Å²) in [7, 11) is 1.64. The minimum atomic E-state index is -0.494. The topological polar surface area (TPSA) is 94.0 Å². The molecule has 2 aromatic heterocycles. The maximum Gasteiger partial charge on any atom is 0.224 e. The van der Waals surface area contributed by atoms with Crippen molar-refractivity contribution in [3.05, 3.63) is 40.8 Å². The number of aromatic nitrogens is 4. The van der Waals surface area contributed by atoms with Gasteiger partial charge >= 0.3 is 0 Å². The van der Waals surface area contributed by atoms with Crippen molar-refractivity contribution in [1.29, 1.82) is 0 Å². The van der Waals surface area contributed by atoms with Crippen molar-refractivity contribution in [2.24, 2.45) is 0 Å². The van der Waals surface area contributed by atoms with E-state index in [0.29, 0.717) is 42.9 Å². The SMILES string of the molecule is CCSc1nc(NCCOC)c2cnn(CCNC(=O)Cc3c(F)cccc3Cl)c2n1. The van der Waals surface area contributed by atoms with Crippen molar-refractivity contribution in [2.75, 3.05) is 37.9 Å². The summed E-state index contributed by atoms with van der Waals surface area (Å²) in [4.78, 5) is 21.4. The van der Waals surface area contributed by atoms with Crippen LogP contribution < -0.4 is 10.6 Å². The molecule has 0 unspecified atom stereocenters. The molecule has 1 amide bonds. The highest BCUT2D eigenvalue weighted by molar-refractivity contribution is 7.99. The molecular formula is C20H24ClFN6O2S. The Morgan fingerprint density at radius 2 is 2.16 bits per heavy atom. The van der Waals surface area contributed by atoms with Crippen LogP contribution in [0.3, 0.4) is 0 Å². The third kappa shape index (κ3) is 6.05. The van der Waals surface area contributed by atoms with E-state index < -0.39 is 5.82 Å². The molecule has 0 bridgehead atoms. The van der Waals surface area contributed by atoms with Gasteiger partial charge < -0.3 is 15.4 Å². The second kappa shape index (κ2) is 11.3. The molecule has 166 valence electrons. The van der Waals surface area contributed by atoms with Crippen LogP contribution in [0.4, 0.5) is 10.2 Å². The summed E-state index contributed by atoms with van der Waals surface area (Å²) < 4.78 is 20.7. The number of halogens is 2. The van der Waals surface area contributed by atoms with Gasteiger partial charge in [-0.3, -0.25) is 4.79 Å². The molecule has 2 heterocycles. The summed E-state index contributed by atoms with van der Waals surface area (Å²) in [5.41, 5.74) is 0.865. The molecule has 8 nitrogen and oxygen atoms in total. The molecule has 0 saturated heterocycles. The number of ether oxygens (including phenoxy) is 1. The maximum absolute atomic E-state index is 13.9. The Hall–Kier alpha value is -2.43. The first-order valence-electron chi connectivity index (χ1n) is 9.82. The first-order valence-corrected chi connectivity index (χ1v) is 11.2. The third-order valence-corrected chi connectivity index (χ3v) is 5.48. The number of nitrogens with zero attached hydrogens (tertiary/aromatic N) is 4. The number of hydrogen-bond donors (Lipinski definition) is 2. The Morgan fingerprint density at radius 1 is 1.32 bits per heavy atom. The molecule has 0 radical (unpaired) electrons. The largest absolute Gasteiger partial charge is 0.383 e. The second-order valence-corrected chi connectivity index (χ2v) is 8.18. The summed E-state index contributed by atoms with van der Waals surface area (Å²) in [5.74, 6) is 0.725. The van der Waals surface area contributed by atoms with Gasteiger partial charge in [0, 0.05) is 30.8 Å². The van der Waals surface area contributed by atoms with Gasteiger partial charge in [-0.25, -0.2) is 19.0 Å². The van der Waals surface area contributed by atoms with Crippen LogP contribution in [0.25, 0.3) is 11.0 Å². The normalized spacial score (nSPS) is 11.1. The van der Waals surface area contributed by atoms with Crippen LogP contribution in [0.5, 0.6) is 0 Å². The van der Waals surface area contributed by atoms with Gasteiger partial charge in [0.25, 0.3) is 0 Å². The van der Waals surface area contributed by atoms with E-state index in [1.807, 2.05) is 6.92 Å². The fourth-order valence-electron chi connectivity index (χ4n) is 2.92. The molecule has 31 heavy (non-hydrogen) atoms. The highest BCUT2D eigenvalue weighted by Crippen LogP contribution is 2.24. The molecular weight excluding hydrogens is 443 g/mol. The molecule has 0 atom stereocenters. The van der Waals surface area contributed by atoms with Crippen LogP contribution in [0.2, 0.25) is 5.02 Å². The number of nitrogens with one attached hydrogen (secondary N) is 2. The van der Waals surface area contributed by atoms with Crippen molar-refractivity contribution < 1.29 is 13.9 Å². The lowest BCUT2D eigenvalue weighted by Crippen LogP contribution is -2.29. The van der Waals surface area contributed by atoms with Gasteiger partial charge in [0.05, 0.1) is 31.2 Å². The fraction of sp³-hybridized carbons (Fsp3) is 0.400. The van der Waals surface area contributed by atoms with E-state index in [2.05, 4.69) is 25.7 Å². The summed E-state index contributed by atoms with van der Waals surface area (Å²) in [6.45, 7) is 3.91. The zero-order valence-electron chi connectivity index (χ0n) is 17.3. The van der Waals surface area contributed by atoms with Gasteiger partial charge in [-0.05, 0) is 17.9 Å². The number of anilines is 1. The van der Waals surface area contributed by atoms with Crippen molar-refractivity contribution in [3.8, 4) is 0 Å². The highest BCUT2D eigenvalue weighted by atomic mass is 35.5. The molecule has 11 heteroatoms. The molecule has 3 aromatic rings. The number of benzene rings is 1. The van der Waals surface area contributed by atoms with Crippen LogP contribution >= 0.6 is 23.4 Å². The summed E-state index contributed by atoms with van der Waals surface area (Å²) in [6, 6.07) is 4.36.